The predicted molar refractivity (Wildman–Crippen MR) is 55.2 cm³/mol. The van der Waals surface area contributed by atoms with Crippen molar-refractivity contribution in [1.82, 2.24) is 20.0 Å². The van der Waals surface area contributed by atoms with Crippen LogP contribution in [0.2, 0.25) is 0 Å². The van der Waals surface area contributed by atoms with Crippen LogP contribution in [-0.2, 0) is 6.54 Å². The van der Waals surface area contributed by atoms with E-state index in [1.54, 1.807) is 18.6 Å². The van der Waals surface area contributed by atoms with Gasteiger partial charge in [-0.15, -0.1) is 0 Å². The van der Waals surface area contributed by atoms with E-state index in [1.807, 2.05) is 10.9 Å². The molecule has 5 nitrogen and oxygen atoms in total. The van der Waals surface area contributed by atoms with E-state index in [0.29, 0.717) is 0 Å². The lowest BCUT2D eigenvalue weighted by molar-refractivity contribution is 0.220. The molecule has 0 amide bonds. The Kier molecular flexibility index (Phi) is 2.82. The number of aromatic nitrogens is 4. The molecule has 2 heterocycles. The smallest absolute Gasteiger partial charge is 0.110 e. The zero-order valence-corrected chi connectivity index (χ0v) is 8.59. The summed E-state index contributed by atoms with van der Waals surface area (Å²) in [6.45, 7) is 2.96. The van der Waals surface area contributed by atoms with Crippen LogP contribution in [0, 0.1) is 0 Å². The molecule has 0 aliphatic rings. The molecule has 0 spiro atoms. The average Bonchev–Trinajstić information content (AvgIpc) is 2.87. The van der Waals surface area contributed by atoms with Crippen LogP contribution in [0.1, 0.15) is 30.6 Å². The second-order valence-electron chi connectivity index (χ2n) is 3.47. The molecule has 0 fully saturated rings. The lowest BCUT2D eigenvalue weighted by Crippen LogP contribution is -1.98. The Labute approximate surface area is 87.7 Å². The third-order valence-corrected chi connectivity index (χ3v) is 2.26. The summed E-state index contributed by atoms with van der Waals surface area (Å²) >= 11 is 0. The molecule has 0 aromatic carbocycles. The number of hydrogen-bond acceptors (Lipinski definition) is 3. The molecule has 1 unspecified atom stereocenters. The Bertz CT molecular complexity index is 407. The second-order valence-corrected chi connectivity index (χ2v) is 3.47. The number of rotatable bonds is 4. The number of aryl methyl sites for hydroxylation is 1. The SMILES string of the molecule is CCCn1cc(C(O)c2cn[nH]c2)cn1. The van der Waals surface area contributed by atoms with Crippen LogP contribution in [0.3, 0.4) is 0 Å². The van der Waals surface area contributed by atoms with Gasteiger partial charge in [0.25, 0.3) is 0 Å². The highest BCUT2D eigenvalue weighted by atomic mass is 16.3. The molecule has 0 saturated carbocycles. The van der Waals surface area contributed by atoms with Gasteiger partial charge in [-0.3, -0.25) is 9.78 Å². The first-order chi connectivity index (χ1) is 7.31. The molecule has 0 bridgehead atoms. The molecule has 0 saturated heterocycles. The molecule has 15 heavy (non-hydrogen) atoms. The Hall–Kier alpha value is -1.62. The van der Waals surface area contributed by atoms with E-state index in [-0.39, 0.29) is 0 Å². The fourth-order valence-corrected chi connectivity index (χ4v) is 1.48. The van der Waals surface area contributed by atoms with E-state index in [4.69, 9.17) is 0 Å². The van der Waals surface area contributed by atoms with Gasteiger partial charge in [0.2, 0.25) is 0 Å². The largest absolute Gasteiger partial charge is 0.383 e. The number of aromatic amines is 1. The maximum atomic E-state index is 9.95. The highest BCUT2D eigenvalue weighted by Crippen LogP contribution is 2.19. The first kappa shape index (κ1) is 9.92. The Morgan fingerprint density at radius 3 is 3.00 bits per heavy atom. The minimum absolute atomic E-state index is 0.644. The quantitative estimate of drug-likeness (QED) is 0.787. The molecule has 80 valence electrons. The maximum Gasteiger partial charge on any atom is 0.110 e. The summed E-state index contributed by atoms with van der Waals surface area (Å²) in [5.41, 5.74) is 1.55. The normalized spacial score (nSPS) is 12.9. The Morgan fingerprint density at radius 1 is 1.47 bits per heavy atom. The monoisotopic (exact) mass is 206 g/mol. The van der Waals surface area contributed by atoms with Gasteiger partial charge in [-0.25, -0.2) is 0 Å². The zero-order chi connectivity index (χ0) is 10.7. The van der Waals surface area contributed by atoms with Gasteiger partial charge < -0.3 is 5.11 Å². The lowest BCUT2D eigenvalue weighted by Gasteiger charge is -2.03. The first-order valence-corrected chi connectivity index (χ1v) is 5.00. The Balaban J connectivity index is 2.15. The lowest BCUT2D eigenvalue weighted by atomic mass is 10.1. The fourth-order valence-electron chi connectivity index (χ4n) is 1.48. The van der Waals surface area contributed by atoms with Gasteiger partial charge in [-0.2, -0.15) is 10.2 Å². The molecule has 5 heteroatoms. The molecular formula is C10H14N4O. The minimum Gasteiger partial charge on any atom is -0.383 e. The molecule has 0 aliphatic heterocycles. The fraction of sp³-hybridized carbons (Fsp3) is 0.400. The molecular weight excluding hydrogens is 192 g/mol. The number of hydrogen-bond donors (Lipinski definition) is 2. The van der Waals surface area contributed by atoms with Crippen molar-refractivity contribution in [2.24, 2.45) is 0 Å². The van der Waals surface area contributed by atoms with Crippen molar-refractivity contribution >= 4 is 0 Å². The molecule has 2 N–H and O–H groups in total. The van der Waals surface area contributed by atoms with Crippen LogP contribution in [-0.4, -0.2) is 25.1 Å². The standard InChI is InChI=1S/C10H14N4O/c1-2-3-14-7-9(6-13-14)10(15)8-4-11-12-5-8/h4-7,10,15H,2-3H2,1H3,(H,11,12). The van der Waals surface area contributed by atoms with E-state index in [0.717, 1.165) is 24.1 Å². The van der Waals surface area contributed by atoms with Crippen LogP contribution in [0.4, 0.5) is 0 Å². The number of H-pyrrole nitrogens is 1. The van der Waals surface area contributed by atoms with E-state index in [1.165, 1.54) is 0 Å². The third-order valence-electron chi connectivity index (χ3n) is 2.26. The van der Waals surface area contributed by atoms with Crippen molar-refractivity contribution in [2.75, 3.05) is 0 Å². The summed E-state index contributed by atoms with van der Waals surface area (Å²) in [5.74, 6) is 0. The number of nitrogens with zero attached hydrogens (tertiary/aromatic N) is 3. The van der Waals surface area contributed by atoms with Crippen LogP contribution in [0.15, 0.2) is 24.8 Å². The predicted octanol–water partition coefficient (Wildman–Crippen LogP) is 1.10. The molecule has 1 atom stereocenters. The van der Waals surface area contributed by atoms with E-state index >= 15 is 0 Å². The minimum atomic E-state index is -0.644. The number of nitrogens with one attached hydrogen (secondary N) is 1. The second kappa shape index (κ2) is 4.27. The van der Waals surface area contributed by atoms with Gasteiger partial charge >= 0.3 is 0 Å². The van der Waals surface area contributed by atoms with Gasteiger partial charge in [0, 0.05) is 30.1 Å². The van der Waals surface area contributed by atoms with Gasteiger partial charge in [0.05, 0.1) is 12.4 Å². The van der Waals surface area contributed by atoms with Crippen molar-refractivity contribution < 1.29 is 5.11 Å². The molecule has 2 rings (SSSR count). The third kappa shape index (κ3) is 2.07. The number of aliphatic hydroxyl groups excluding tert-OH is 1. The summed E-state index contributed by atoms with van der Waals surface area (Å²) in [7, 11) is 0. The van der Waals surface area contributed by atoms with Crippen LogP contribution >= 0.6 is 0 Å². The van der Waals surface area contributed by atoms with Crippen LogP contribution in [0.5, 0.6) is 0 Å². The first-order valence-electron chi connectivity index (χ1n) is 5.00. The summed E-state index contributed by atoms with van der Waals surface area (Å²) in [4.78, 5) is 0. The van der Waals surface area contributed by atoms with E-state index in [2.05, 4.69) is 22.2 Å². The van der Waals surface area contributed by atoms with Crippen LogP contribution in [0.25, 0.3) is 0 Å². The zero-order valence-electron chi connectivity index (χ0n) is 8.59. The molecule has 2 aromatic heterocycles. The maximum absolute atomic E-state index is 9.95. The van der Waals surface area contributed by atoms with Crippen molar-refractivity contribution in [2.45, 2.75) is 26.0 Å². The summed E-state index contributed by atoms with van der Waals surface area (Å²) < 4.78 is 1.83. The van der Waals surface area contributed by atoms with Gasteiger partial charge in [0.15, 0.2) is 0 Å². The van der Waals surface area contributed by atoms with Crippen molar-refractivity contribution in [3.8, 4) is 0 Å². The van der Waals surface area contributed by atoms with E-state index < -0.39 is 6.10 Å². The van der Waals surface area contributed by atoms with E-state index in [9.17, 15) is 5.11 Å². The van der Waals surface area contributed by atoms with Crippen molar-refractivity contribution in [3.63, 3.8) is 0 Å². The highest BCUT2D eigenvalue weighted by Gasteiger charge is 2.13. The van der Waals surface area contributed by atoms with Gasteiger partial charge in [0.1, 0.15) is 6.10 Å². The average molecular weight is 206 g/mol. The van der Waals surface area contributed by atoms with Gasteiger partial charge in [-0.1, -0.05) is 6.92 Å². The topological polar surface area (TPSA) is 66.7 Å². The molecule has 0 aliphatic carbocycles. The van der Waals surface area contributed by atoms with Crippen molar-refractivity contribution in [3.05, 3.63) is 35.9 Å². The van der Waals surface area contributed by atoms with Gasteiger partial charge in [-0.05, 0) is 6.42 Å². The van der Waals surface area contributed by atoms with Crippen LogP contribution < -0.4 is 0 Å². The summed E-state index contributed by atoms with van der Waals surface area (Å²) in [6.07, 6.45) is 7.23. The van der Waals surface area contributed by atoms with Crippen molar-refractivity contribution in [1.29, 1.82) is 0 Å². The summed E-state index contributed by atoms with van der Waals surface area (Å²) in [5, 5.41) is 20.6. The Morgan fingerprint density at radius 2 is 2.33 bits per heavy atom. The molecule has 2 aromatic rings. The highest BCUT2D eigenvalue weighted by molar-refractivity contribution is 5.22. The summed E-state index contributed by atoms with van der Waals surface area (Å²) in [6, 6.07) is 0. The molecule has 0 radical (unpaired) electrons. The number of aliphatic hydroxyl groups is 1.